The van der Waals surface area contributed by atoms with Gasteiger partial charge in [0.25, 0.3) is 0 Å². The molecule has 0 saturated heterocycles. The van der Waals surface area contributed by atoms with Crippen molar-refractivity contribution in [2.75, 3.05) is 11.9 Å². The standard InChI is InChI=1S/C20H18Cl2N4O2/c1-12(18(23)28)10-24-19-17(11-27)26(14-8-6-13(21)7-9-14)20(25-19)15-4-2-3-5-16(15)22/h2-9,11-12,24H,10H2,1H3,(H2,23,28)/t12-/m0/s1. The van der Waals surface area contributed by atoms with Crippen LogP contribution in [0.1, 0.15) is 17.4 Å². The number of aldehydes is 1. The highest BCUT2D eigenvalue weighted by atomic mass is 35.5. The van der Waals surface area contributed by atoms with Crippen LogP contribution in [0, 0.1) is 5.92 Å². The van der Waals surface area contributed by atoms with Crippen LogP contribution in [-0.2, 0) is 4.79 Å². The number of imidazole rings is 1. The van der Waals surface area contributed by atoms with E-state index in [0.29, 0.717) is 44.9 Å². The molecule has 0 aliphatic carbocycles. The van der Waals surface area contributed by atoms with Gasteiger partial charge in [0.05, 0.1) is 10.9 Å². The van der Waals surface area contributed by atoms with E-state index >= 15 is 0 Å². The number of carbonyl (C=O) groups is 2. The number of nitrogens with one attached hydrogen (secondary N) is 1. The van der Waals surface area contributed by atoms with Gasteiger partial charge in [-0.1, -0.05) is 42.3 Å². The van der Waals surface area contributed by atoms with Crippen molar-refractivity contribution in [3.63, 3.8) is 0 Å². The molecule has 0 aliphatic rings. The van der Waals surface area contributed by atoms with Crippen LogP contribution >= 0.6 is 23.2 Å². The van der Waals surface area contributed by atoms with Crippen LogP contribution in [0.15, 0.2) is 48.5 Å². The normalized spacial score (nSPS) is 11.8. The number of nitrogens with two attached hydrogens (primary N) is 1. The molecule has 144 valence electrons. The van der Waals surface area contributed by atoms with Crippen molar-refractivity contribution in [2.24, 2.45) is 11.7 Å². The Bertz CT molecular complexity index is 1020. The Labute approximate surface area is 172 Å². The van der Waals surface area contributed by atoms with E-state index in [2.05, 4.69) is 10.3 Å². The van der Waals surface area contributed by atoms with Crippen molar-refractivity contribution in [1.29, 1.82) is 0 Å². The van der Waals surface area contributed by atoms with E-state index in [1.165, 1.54) is 0 Å². The minimum Gasteiger partial charge on any atom is -0.369 e. The number of primary amides is 1. The maximum Gasteiger partial charge on any atom is 0.222 e. The second-order valence-corrected chi connectivity index (χ2v) is 7.11. The molecule has 1 atom stereocenters. The van der Waals surface area contributed by atoms with Gasteiger partial charge in [-0.3, -0.25) is 14.2 Å². The lowest BCUT2D eigenvalue weighted by atomic mass is 10.2. The molecule has 0 spiro atoms. The van der Waals surface area contributed by atoms with Gasteiger partial charge in [-0.25, -0.2) is 4.98 Å². The largest absolute Gasteiger partial charge is 0.369 e. The van der Waals surface area contributed by atoms with E-state index in [1.54, 1.807) is 41.8 Å². The summed E-state index contributed by atoms with van der Waals surface area (Å²) < 4.78 is 1.70. The summed E-state index contributed by atoms with van der Waals surface area (Å²) in [5.74, 6) is -0.0372. The van der Waals surface area contributed by atoms with Gasteiger partial charge in [0.1, 0.15) is 11.5 Å². The second-order valence-electron chi connectivity index (χ2n) is 6.26. The summed E-state index contributed by atoms with van der Waals surface area (Å²) in [6, 6.07) is 14.2. The van der Waals surface area contributed by atoms with Crippen molar-refractivity contribution in [1.82, 2.24) is 9.55 Å². The van der Waals surface area contributed by atoms with E-state index < -0.39 is 11.8 Å². The Morgan fingerprint density at radius 3 is 2.50 bits per heavy atom. The summed E-state index contributed by atoms with van der Waals surface area (Å²) in [5, 5.41) is 4.11. The molecule has 8 heteroatoms. The average molecular weight is 417 g/mol. The van der Waals surface area contributed by atoms with Gasteiger partial charge in [0, 0.05) is 22.8 Å². The lowest BCUT2D eigenvalue weighted by molar-refractivity contribution is -0.120. The Morgan fingerprint density at radius 1 is 1.21 bits per heavy atom. The van der Waals surface area contributed by atoms with Crippen LogP contribution in [0.5, 0.6) is 0 Å². The molecule has 28 heavy (non-hydrogen) atoms. The zero-order valence-electron chi connectivity index (χ0n) is 15.0. The molecule has 1 amide bonds. The molecule has 3 aromatic rings. The van der Waals surface area contributed by atoms with E-state index in [9.17, 15) is 9.59 Å². The molecule has 3 N–H and O–H groups in total. The first-order chi connectivity index (χ1) is 13.4. The van der Waals surface area contributed by atoms with Crippen LogP contribution in [0.4, 0.5) is 5.82 Å². The fourth-order valence-electron chi connectivity index (χ4n) is 2.70. The van der Waals surface area contributed by atoms with E-state index in [1.807, 2.05) is 18.2 Å². The Hall–Kier alpha value is -2.83. The van der Waals surface area contributed by atoms with Gasteiger partial charge in [-0.05, 0) is 36.4 Å². The van der Waals surface area contributed by atoms with E-state index in [-0.39, 0.29) is 6.54 Å². The van der Waals surface area contributed by atoms with Gasteiger partial charge >= 0.3 is 0 Å². The van der Waals surface area contributed by atoms with Gasteiger partial charge in [0.2, 0.25) is 5.91 Å². The van der Waals surface area contributed by atoms with Crippen molar-refractivity contribution in [3.05, 3.63) is 64.3 Å². The van der Waals surface area contributed by atoms with Crippen LogP contribution in [0.2, 0.25) is 10.0 Å². The molecular weight excluding hydrogens is 399 g/mol. The number of amides is 1. The van der Waals surface area contributed by atoms with Crippen LogP contribution in [-0.4, -0.2) is 28.3 Å². The Kier molecular flexibility index (Phi) is 6.02. The minimum atomic E-state index is -0.441. The molecule has 0 aliphatic heterocycles. The zero-order valence-corrected chi connectivity index (χ0v) is 16.5. The Balaban J connectivity index is 2.16. The van der Waals surface area contributed by atoms with Crippen molar-refractivity contribution >= 4 is 41.2 Å². The summed E-state index contributed by atoms with van der Waals surface area (Å²) in [5.41, 5.74) is 6.98. The van der Waals surface area contributed by atoms with Crippen molar-refractivity contribution in [3.8, 4) is 17.1 Å². The smallest absolute Gasteiger partial charge is 0.222 e. The molecule has 2 aromatic carbocycles. The molecule has 3 rings (SSSR count). The molecule has 0 fully saturated rings. The molecule has 0 unspecified atom stereocenters. The first-order valence-corrected chi connectivity index (χ1v) is 9.30. The fraction of sp³-hybridized carbons (Fsp3) is 0.150. The quantitative estimate of drug-likeness (QED) is 0.564. The summed E-state index contributed by atoms with van der Waals surface area (Å²) >= 11 is 12.4. The lowest BCUT2D eigenvalue weighted by Crippen LogP contribution is -2.27. The van der Waals surface area contributed by atoms with Gasteiger partial charge < -0.3 is 11.1 Å². The third-order valence-electron chi connectivity index (χ3n) is 4.29. The predicted octanol–water partition coefficient (Wildman–Crippen LogP) is 4.19. The summed E-state index contributed by atoms with van der Waals surface area (Å²) in [6.45, 7) is 1.94. The summed E-state index contributed by atoms with van der Waals surface area (Å²) in [4.78, 5) is 27.9. The Morgan fingerprint density at radius 2 is 1.89 bits per heavy atom. The maximum atomic E-state index is 11.9. The van der Waals surface area contributed by atoms with Gasteiger partial charge in [-0.15, -0.1) is 0 Å². The highest BCUT2D eigenvalue weighted by Crippen LogP contribution is 2.33. The average Bonchev–Trinajstić information content (AvgIpc) is 3.05. The van der Waals surface area contributed by atoms with Gasteiger partial charge in [-0.2, -0.15) is 0 Å². The minimum absolute atomic E-state index is 0.246. The topological polar surface area (TPSA) is 90.0 Å². The van der Waals surface area contributed by atoms with E-state index in [4.69, 9.17) is 28.9 Å². The monoisotopic (exact) mass is 416 g/mol. The number of carbonyl (C=O) groups excluding carboxylic acids is 2. The summed E-state index contributed by atoms with van der Waals surface area (Å²) in [7, 11) is 0. The van der Waals surface area contributed by atoms with Crippen LogP contribution in [0.25, 0.3) is 17.1 Å². The molecular formula is C20H18Cl2N4O2. The second kappa shape index (κ2) is 8.46. The molecule has 0 radical (unpaired) electrons. The number of aromatic nitrogens is 2. The number of nitrogens with zero attached hydrogens (tertiary/aromatic N) is 2. The lowest BCUT2D eigenvalue weighted by Gasteiger charge is -2.11. The first kappa shape index (κ1) is 19.9. The van der Waals surface area contributed by atoms with Crippen molar-refractivity contribution in [2.45, 2.75) is 6.92 Å². The molecule has 1 aromatic heterocycles. The number of hydrogen-bond acceptors (Lipinski definition) is 4. The molecule has 6 nitrogen and oxygen atoms in total. The highest BCUT2D eigenvalue weighted by molar-refractivity contribution is 6.33. The molecule has 0 bridgehead atoms. The highest BCUT2D eigenvalue weighted by Gasteiger charge is 2.21. The SMILES string of the molecule is C[C@@H](CNc1nc(-c2ccccc2Cl)n(-c2ccc(Cl)cc2)c1C=O)C(N)=O. The predicted molar refractivity (Wildman–Crippen MR) is 111 cm³/mol. The third kappa shape index (κ3) is 4.03. The van der Waals surface area contributed by atoms with Crippen molar-refractivity contribution < 1.29 is 9.59 Å². The number of rotatable bonds is 7. The number of hydrogen-bond donors (Lipinski definition) is 2. The fourth-order valence-corrected chi connectivity index (χ4v) is 3.04. The molecule has 0 saturated carbocycles. The van der Waals surface area contributed by atoms with Gasteiger partial charge in [0.15, 0.2) is 12.1 Å². The van der Waals surface area contributed by atoms with E-state index in [0.717, 1.165) is 0 Å². The third-order valence-corrected chi connectivity index (χ3v) is 4.87. The maximum absolute atomic E-state index is 11.9. The zero-order chi connectivity index (χ0) is 20.3. The first-order valence-electron chi connectivity index (χ1n) is 8.54. The number of anilines is 1. The molecule has 1 heterocycles. The number of halogens is 2. The summed E-state index contributed by atoms with van der Waals surface area (Å²) in [6.07, 6.45) is 0.708. The number of benzene rings is 2. The van der Waals surface area contributed by atoms with Crippen LogP contribution in [0.3, 0.4) is 0 Å². The van der Waals surface area contributed by atoms with Crippen LogP contribution < -0.4 is 11.1 Å².